The van der Waals surface area contributed by atoms with Crippen LogP contribution in [0.3, 0.4) is 0 Å². The lowest BCUT2D eigenvalue weighted by atomic mass is 10.2. The van der Waals surface area contributed by atoms with Crippen LogP contribution < -0.4 is 10.1 Å². The van der Waals surface area contributed by atoms with Gasteiger partial charge in [-0.25, -0.2) is 0 Å². The highest BCUT2D eigenvalue weighted by molar-refractivity contribution is 5.26. The molecule has 0 bridgehead atoms. The van der Waals surface area contributed by atoms with Crippen LogP contribution >= 0.6 is 0 Å². The highest BCUT2D eigenvalue weighted by Crippen LogP contribution is 2.13. The van der Waals surface area contributed by atoms with Gasteiger partial charge in [0, 0.05) is 30.9 Å². The number of hydrogen-bond acceptors (Lipinski definition) is 4. The summed E-state index contributed by atoms with van der Waals surface area (Å²) in [5.41, 5.74) is 1.88. The van der Waals surface area contributed by atoms with E-state index in [2.05, 4.69) is 17.2 Å². The number of methoxy groups -OCH3 is 1. The zero-order valence-corrected chi connectivity index (χ0v) is 10.9. The normalized spacial score (nSPS) is 12.5. The fourth-order valence-corrected chi connectivity index (χ4v) is 1.71. The zero-order chi connectivity index (χ0) is 12.7. The third kappa shape index (κ3) is 5.15. The van der Waals surface area contributed by atoms with E-state index in [4.69, 9.17) is 4.74 Å². The Balaban J connectivity index is 2.43. The third-order valence-corrected chi connectivity index (χ3v) is 2.52. The summed E-state index contributed by atoms with van der Waals surface area (Å²) < 4.78 is 5.18. The Morgan fingerprint density at radius 3 is 2.88 bits per heavy atom. The summed E-state index contributed by atoms with van der Waals surface area (Å²) in [6.07, 6.45) is 1.56. The van der Waals surface area contributed by atoms with Crippen molar-refractivity contribution in [2.75, 3.05) is 13.7 Å². The van der Waals surface area contributed by atoms with Gasteiger partial charge in [0.25, 0.3) is 0 Å². The number of ether oxygens (including phenoxy) is 1. The molecule has 0 aromatic carbocycles. The SMILES string of the molecule is CCCC(O)CNCc1cc(OC)cc(C)n1. The lowest BCUT2D eigenvalue weighted by molar-refractivity contribution is 0.160. The zero-order valence-electron chi connectivity index (χ0n) is 10.9. The second kappa shape index (κ2) is 7.25. The number of hydrogen-bond donors (Lipinski definition) is 2. The minimum atomic E-state index is -0.272. The fraction of sp³-hybridized carbons (Fsp3) is 0.615. The fourth-order valence-electron chi connectivity index (χ4n) is 1.71. The van der Waals surface area contributed by atoms with Crippen molar-refractivity contribution < 1.29 is 9.84 Å². The summed E-state index contributed by atoms with van der Waals surface area (Å²) in [6.45, 7) is 5.26. The van der Waals surface area contributed by atoms with Crippen molar-refractivity contribution in [3.8, 4) is 5.75 Å². The molecule has 1 heterocycles. The van der Waals surface area contributed by atoms with Crippen molar-refractivity contribution in [3.63, 3.8) is 0 Å². The molecule has 17 heavy (non-hydrogen) atoms. The monoisotopic (exact) mass is 238 g/mol. The second-order valence-electron chi connectivity index (χ2n) is 4.21. The number of aliphatic hydroxyl groups excluding tert-OH is 1. The van der Waals surface area contributed by atoms with E-state index in [9.17, 15) is 5.11 Å². The molecular weight excluding hydrogens is 216 g/mol. The Labute approximate surface area is 103 Å². The molecular formula is C13H22N2O2. The molecule has 1 rings (SSSR count). The van der Waals surface area contributed by atoms with E-state index in [-0.39, 0.29) is 6.10 Å². The van der Waals surface area contributed by atoms with Gasteiger partial charge in [-0.05, 0) is 13.3 Å². The molecule has 0 radical (unpaired) electrons. The van der Waals surface area contributed by atoms with E-state index in [0.717, 1.165) is 30.0 Å². The third-order valence-electron chi connectivity index (χ3n) is 2.52. The summed E-state index contributed by atoms with van der Waals surface area (Å²) in [6, 6.07) is 3.81. The molecule has 96 valence electrons. The van der Waals surface area contributed by atoms with E-state index in [0.29, 0.717) is 13.1 Å². The molecule has 0 saturated heterocycles. The van der Waals surface area contributed by atoms with E-state index in [1.54, 1.807) is 7.11 Å². The van der Waals surface area contributed by atoms with Crippen LogP contribution in [0.25, 0.3) is 0 Å². The lowest BCUT2D eigenvalue weighted by Crippen LogP contribution is -2.26. The van der Waals surface area contributed by atoms with Gasteiger partial charge in [-0.15, -0.1) is 0 Å². The first-order valence-electron chi connectivity index (χ1n) is 6.06. The van der Waals surface area contributed by atoms with Crippen LogP contribution in [0.4, 0.5) is 0 Å². The molecule has 0 fully saturated rings. The summed E-state index contributed by atoms with van der Waals surface area (Å²) in [5, 5.41) is 12.8. The highest BCUT2D eigenvalue weighted by Gasteiger charge is 2.03. The maximum Gasteiger partial charge on any atom is 0.122 e. The van der Waals surface area contributed by atoms with Crippen LogP contribution in [-0.4, -0.2) is 29.8 Å². The van der Waals surface area contributed by atoms with Crippen LogP contribution in [0.2, 0.25) is 0 Å². The largest absolute Gasteiger partial charge is 0.497 e. The van der Waals surface area contributed by atoms with Crippen LogP contribution in [0.1, 0.15) is 31.2 Å². The number of aliphatic hydroxyl groups is 1. The number of rotatable bonds is 7. The molecule has 1 unspecified atom stereocenters. The predicted molar refractivity (Wildman–Crippen MR) is 68.1 cm³/mol. The minimum Gasteiger partial charge on any atom is -0.497 e. The van der Waals surface area contributed by atoms with Crippen molar-refractivity contribution in [2.45, 2.75) is 39.3 Å². The van der Waals surface area contributed by atoms with Gasteiger partial charge in [0.1, 0.15) is 5.75 Å². The van der Waals surface area contributed by atoms with Crippen molar-refractivity contribution in [3.05, 3.63) is 23.5 Å². The van der Waals surface area contributed by atoms with Crippen LogP contribution in [0.5, 0.6) is 5.75 Å². The van der Waals surface area contributed by atoms with Gasteiger partial charge in [0.15, 0.2) is 0 Å². The molecule has 0 aliphatic rings. The quantitative estimate of drug-likeness (QED) is 0.758. The molecule has 0 saturated carbocycles. The average molecular weight is 238 g/mol. The van der Waals surface area contributed by atoms with Gasteiger partial charge in [-0.2, -0.15) is 0 Å². The summed E-state index contributed by atoms with van der Waals surface area (Å²) in [7, 11) is 1.65. The van der Waals surface area contributed by atoms with Crippen LogP contribution in [0, 0.1) is 6.92 Å². The molecule has 1 aromatic heterocycles. The predicted octanol–water partition coefficient (Wildman–Crippen LogP) is 1.65. The van der Waals surface area contributed by atoms with Crippen LogP contribution in [0.15, 0.2) is 12.1 Å². The van der Waals surface area contributed by atoms with Crippen molar-refractivity contribution >= 4 is 0 Å². The van der Waals surface area contributed by atoms with Gasteiger partial charge in [0.2, 0.25) is 0 Å². The summed E-state index contributed by atoms with van der Waals surface area (Å²) >= 11 is 0. The Bertz CT molecular complexity index is 342. The van der Waals surface area contributed by atoms with E-state index >= 15 is 0 Å². The maximum absolute atomic E-state index is 9.57. The Kier molecular flexibility index (Phi) is 5.94. The molecule has 1 aromatic rings. The van der Waals surface area contributed by atoms with E-state index in [1.165, 1.54) is 0 Å². The second-order valence-corrected chi connectivity index (χ2v) is 4.21. The molecule has 0 amide bonds. The molecule has 2 N–H and O–H groups in total. The molecule has 1 atom stereocenters. The van der Waals surface area contributed by atoms with E-state index < -0.39 is 0 Å². The Morgan fingerprint density at radius 1 is 1.47 bits per heavy atom. The first-order chi connectivity index (χ1) is 8.15. The average Bonchev–Trinajstić information content (AvgIpc) is 2.28. The van der Waals surface area contributed by atoms with Crippen molar-refractivity contribution in [1.29, 1.82) is 0 Å². The Morgan fingerprint density at radius 2 is 2.24 bits per heavy atom. The highest BCUT2D eigenvalue weighted by atomic mass is 16.5. The number of pyridine rings is 1. The summed E-state index contributed by atoms with van der Waals surface area (Å²) in [4.78, 5) is 4.40. The van der Waals surface area contributed by atoms with Crippen molar-refractivity contribution in [1.82, 2.24) is 10.3 Å². The number of aryl methyl sites for hydroxylation is 1. The minimum absolute atomic E-state index is 0.272. The van der Waals surface area contributed by atoms with Gasteiger partial charge in [-0.1, -0.05) is 13.3 Å². The first kappa shape index (κ1) is 13.9. The topological polar surface area (TPSA) is 54.4 Å². The molecule has 4 heteroatoms. The number of aromatic nitrogens is 1. The van der Waals surface area contributed by atoms with Gasteiger partial charge >= 0.3 is 0 Å². The maximum atomic E-state index is 9.57. The van der Waals surface area contributed by atoms with Gasteiger partial charge in [-0.3, -0.25) is 4.98 Å². The number of nitrogens with one attached hydrogen (secondary N) is 1. The van der Waals surface area contributed by atoms with Crippen LogP contribution in [-0.2, 0) is 6.54 Å². The summed E-state index contributed by atoms with van der Waals surface area (Å²) in [5.74, 6) is 0.823. The lowest BCUT2D eigenvalue weighted by Gasteiger charge is -2.11. The van der Waals surface area contributed by atoms with Crippen molar-refractivity contribution in [2.24, 2.45) is 0 Å². The molecule has 4 nitrogen and oxygen atoms in total. The molecule has 0 spiro atoms. The van der Waals surface area contributed by atoms with Gasteiger partial charge < -0.3 is 15.2 Å². The number of nitrogens with zero attached hydrogens (tertiary/aromatic N) is 1. The van der Waals surface area contributed by atoms with Gasteiger partial charge in [0.05, 0.1) is 18.9 Å². The molecule has 0 aliphatic carbocycles. The first-order valence-corrected chi connectivity index (χ1v) is 6.06. The standard InChI is InChI=1S/C13H22N2O2/c1-4-5-12(16)9-14-8-11-7-13(17-3)6-10(2)15-11/h6-7,12,14,16H,4-5,8-9H2,1-3H3. The van der Waals surface area contributed by atoms with E-state index in [1.807, 2.05) is 19.1 Å². The Hall–Kier alpha value is -1.13. The smallest absolute Gasteiger partial charge is 0.122 e. The molecule has 0 aliphatic heterocycles.